The highest BCUT2D eigenvalue weighted by Gasteiger charge is 2.23. The van der Waals surface area contributed by atoms with E-state index in [1.54, 1.807) is 29.1 Å². The lowest BCUT2D eigenvalue weighted by Crippen LogP contribution is -2.50. The molecule has 1 aromatic rings. The molecule has 21 heavy (non-hydrogen) atoms. The molecule has 7 nitrogen and oxygen atoms in total. The molecule has 1 N–H and O–H groups in total. The number of anilines is 1. The Hall–Kier alpha value is -2.18. The summed E-state index contributed by atoms with van der Waals surface area (Å²) in [6, 6.07) is 0. The molecule has 0 unspecified atom stereocenters. The van der Waals surface area contributed by atoms with Crippen LogP contribution in [0.3, 0.4) is 0 Å². The molecule has 1 aromatic heterocycles. The Bertz CT molecular complexity index is 495. The van der Waals surface area contributed by atoms with Crippen LogP contribution in [0.2, 0.25) is 0 Å². The van der Waals surface area contributed by atoms with E-state index in [0.717, 1.165) is 13.0 Å². The molecule has 0 atom stereocenters. The molecule has 0 aliphatic carbocycles. The van der Waals surface area contributed by atoms with Crippen molar-refractivity contribution in [1.29, 1.82) is 0 Å². The summed E-state index contributed by atoms with van der Waals surface area (Å²) in [6.07, 6.45) is 4.08. The Balaban J connectivity index is 1.93. The first-order valence-electron chi connectivity index (χ1n) is 7.22. The van der Waals surface area contributed by atoms with Crippen LogP contribution in [0.5, 0.6) is 0 Å². The molecule has 2 amide bonds. The van der Waals surface area contributed by atoms with Crippen LogP contribution in [0.25, 0.3) is 0 Å². The van der Waals surface area contributed by atoms with Crippen molar-refractivity contribution in [2.75, 3.05) is 38.0 Å². The van der Waals surface area contributed by atoms with E-state index in [0.29, 0.717) is 37.7 Å². The smallest absolute Gasteiger partial charge is 0.257 e. The van der Waals surface area contributed by atoms with Gasteiger partial charge in [-0.3, -0.25) is 9.59 Å². The standard InChI is InChI=1S/C14H21N5O2/c1-3-4-15-14-16-9-12(10-17-14)13(21)19-7-5-18(6-8-19)11(2)20/h9-10H,3-8H2,1-2H3,(H,15,16,17). The van der Waals surface area contributed by atoms with E-state index in [2.05, 4.69) is 22.2 Å². The molecule has 0 radical (unpaired) electrons. The van der Waals surface area contributed by atoms with E-state index in [9.17, 15) is 9.59 Å². The highest BCUT2D eigenvalue weighted by atomic mass is 16.2. The minimum absolute atomic E-state index is 0.0526. The highest BCUT2D eigenvalue weighted by Crippen LogP contribution is 2.08. The van der Waals surface area contributed by atoms with Crippen LogP contribution in [0, 0.1) is 0 Å². The number of carbonyl (C=O) groups excluding carboxylic acids is 2. The molecule has 0 saturated carbocycles. The number of aromatic nitrogens is 2. The average molecular weight is 291 g/mol. The molecule has 7 heteroatoms. The first kappa shape index (κ1) is 15.2. The van der Waals surface area contributed by atoms with Crippen LogP contribution in [-0.2, 0) is 4.79 Å². The zero-order valence-corrected chi connectivity index (χ0v) is 12.5. The highest BCUT2D eigenvalue weighted by molar-refractivity contribution is 5.93. The maximum absolute atomic E-state index is 12.3. The molecule has 1 fully saturated rings. The minimum Gasteiger partial charge on any atom is -0.354 e. The SMILES string of the molecule is CCCNc1ncc(C(=O)N2CCN(C(C)=O)CC2)cn1. The van der Waals surface area contributed by atoms with Gasteiger partial charge in [-0.05, 0) is 6.42 Å². The number of hydrogen-bond donors (Lipinski definition) is 1. The van der Waals surface area contributed by atoms with Crippen molar-refractivity contribution in [3.05, 3.63) is 18.0 Å². The van der Waals surface area contributed by atoms with Gasteiger partial charge in [0.1, 0.15) is 0 Å². The van der Waals surface area contributed by atoms with Crippen LogP contribution >= 0.6 is 0 Å². The van der Waals surface area contributed by atoms with Gasteiger partial charge in [-0.25, -0.2) is 9.97 Å². The lowest BCUT2D eigenvalue weighted by Gasteiger charge is -2.34. The Kier molecular flexibility index (Phi) is 5.08. The van der Waals surface area contributed by atoms with Gasteiger partial charge in [-0.15, -0.1) is 0 Å². The Labute approximate surface area is 124 Å². The van der Waals surface area contributed by atoms with Gasteiger partial charge in [0.05, 0.1) is 5.56 Å². The zero-order valence-electron chi connectivity index (χ0n) is 12.5. The summed E-state index contributed by atoms with van der Waals surface area (Å²) in [6.45, 7) is 6.68. The van der Waals surface area contributed by atoms with Crippen LogP contribution in [0.1, 0.15) is 30.6 Å². The number of rotatable bonds is 4. The predicted molar refractivity (Wildman–Crippen MR) is 79.0 cm³/mol. The van der Waals surface area contributed by atoms with E-state index in [-0.39, 0.29) is 11.8 Å². The topological polar surface area (TPSA) is 78.4 Å². The molecule has 2 rings (SSSR count). The van der Waals surface area contributed by atoms with Crippen molar-refractivity contribution in [3.8, 4) is 0 Å². The summed E-state index contributed by atoms with van der Waals surface area (Å²) in [5.41, 5.74) is 0.480. The third kappa shape index (κ3) is 3.90. The first-order chi connectivity index (χ1) is 10.1. The molecule has 1 aliphatic rings. The molecule has 0 bridgehead atoms. The monoisotopic (exact) mass is 291 g/mol. The van der Waals surface area contributed by atoms with Crippen molar-refractivity contribution in [2.24, 2.45) is 0 Å². The van der Waals surface area contributed by atoms with Crippen LogP contribution in [-0.4, -0.2) is 64.3 Å². The second-order valence-corrected chi connectivity index (χ2v) is 5.02. The second kappa shape index (κ2) is 7.01. The second-order valence-electron chi connectivity index (χ2n) is 5.02. The Morgan fingerprint density at radius 2 is 1.71 bits per heavy atom. The van der Waals surface area contributed by atoms with E-state index >= 15 is 0 Å². The molecule has 114 valence electrons. The number of nitrogens with zero attached hydrogens (tertiary/aromatic N) is 4. The van der Waals surface area contributed by atoms with E-state index in [1.165, 1.54) is 0 Å². The Morgan fingerprint density at radius 3 is 2.24 bits per heavy atom. The lowest BCUT2D eigenvalue weighted by atomic mass is 10.2. The van der Waals surface area contributed by atoms with Gasteiger partial charge in [-0.1, -0.05) is 6.92 Å². The number of hydrogen-bond acceptors (Lipinski definition) is 5. The minimum atomic E-state index is -0.0831. The number of amides is 2. The Morgan fingerprint density at radius 1 is 1.14 bits per heavy atom. The molecule has 0 spiro atoms. The van der Waals surface area contributed by atoms with Crippen molar-refractivity contribution in [2.45, 2.75) is 20.3 Å². The van der Waals surface area contributed by atoms with Crippen molar-refractivity contribution in [3.63, 3.8) is 0 Å². The normalized spacial score (nSPS) is 15.0. The van der Waals surface area contributed by atoms with Gasteiger partial charge in [0.15, 0.2) is 0 Å². The molecular weight excluding hydrogens is 270 g/mol. The number of nitrogens with one attached hydrogen (secondary N) is 1. The van der Waals surface area contributed by atoms with Crippen LogP contribution in [0.15, 0.2) is 12.4 Å². The number of carbonyl (C=O) groups is 2. The summed E-state index contributed by atoms with van der Waals surface area (Å²) < 4.78 is 0. The largest absolute Gasteiger partial charge is 0.354 e. The van der Waals surface area contributed by atoms with Gasteiger partial charge in [0, 0.05) is 52.0 Å². The average Bonchev–Trinajstić information content (AvgIpc) is 2.53. The molecule has 2 heterocycles. The summed E-state index contributed by atoms with van der Waals surface area (Å²) in [4.78, 5) is 35.4. The van der Waals surface area contributed by atoms with E-state index in [4.69, 9.17) is 0 Å². The molecular formula is C14H21N5O2. The fourth-order valence-corrected chi connectivity index (χ4v) is 2.17. The summed E-state index contributed by atoms with van der Waals surface area (Å²) in [5.74, 6) is 0.506. The van der Waals surface area contributed by atoms with E-state index < -0.39 is 0 Å². The quantitative estimate of drug-likeness (QED) is 0.879. The van der Waals surface area contributed by atoms with Gasteiger partial charge >= 0.3 is 0 Å². The van der Waals surface area contributed by atoms with Crippen molar-refractivity contribution >= 4 is 17.8 Å². The maximum atomic E-state index is 12.3. The third-order valence-electron chi connectivity index (χ3n) is 3.44. The maximum Gasteiger partial charge on any atom is 0.257 e. The fraction of sp³-hybridized carbons (Fsp3) is 0.571. The molecule has 1 saturated heterocycles. The third-order valence-corrected chi connectivity index (χ3v) is 3.44. The summed E-state index contributed by atoms with van der Waals surface area (Å²) in [7, 11) is 0. The molecule has 1 aliphatic heterocycles. The predicted octanol–water partition coefficient (Wildman–Crippen LogP) is 0.603. The number of piperazine rings is 1. The van der Waals surface area contributed by atoms with E-state index in [1.807, 2.05) is 0 Å². The van der Waals surface area contributed by atoms with Crippen LogP contribution in [0.4, 0.5) is 5.95 Å². The fourth-order valence-electron chi connectivity index (χ4n) is 2.17. The van der Waals surface area contributed by atoms with Crippen molar-refractivity contribution in [1.82, 2.24) is 19.8 Å². The zero-order chi connectivity index (χ0) is 15.2. The van der Waals surface area contributed by atoms with Gasteiger partial charge in [-0.2, -0.15) is 0 Å². The van der Waals surface area contributed by atoms with Gasteiger partial charge < -0.3 is 15.1 Å². The lowest BCUT2D eigenvalue weighted by molar-refractivity contribution is -0.130. The summed E-state index contributed by atoms with van der Waals surface area (Å²) in [5, 5.41) is 3.07. The van der Waals surface area contributed by atoms with Gasteiger partial charge in [0.2, 0.25) is 11.9 Å². The first-order valence-corrected chi connectivity index (χ1v) is 7.22. The summed E-state index contributed by atoms with van der Waals surface area (Å²) >= 11 is 0. The van der Waals surface area contributed by atoms with Gasteiger partial charge in [0.25, 0.3) is 5.91 Å². The van der Waals surface area contributed by atoms with Crippen LogP contribution < -0.4 is 5.32 Å². The van der Waals surface area contributed by atoms with Crippen molar-refractivity contribution < 1.29 is 9.59 Å². The molecule has 0 aromatic carbocycles.